The Bertz CT molecular complexity index is 564. The Hall–Kier alpha value is -1.56. The maximum atomic E-state index is 11.7. The minimum absolute atomic E-state index is 0.354. The first kappa shape index (κ1) is 17.3. The predicted molar refractivity (Wildman–Crippen MR) is 93.0 cm³/mol. The maximum Gasteiger partial charge on any atom is 0.407 e. The van der Waals surface area contributed by atoms with Crippen LogP contribution in [0.15, 0.2) is 12.5 Å². The Morgan fingerprint density at radius 1 is 1.33 bits per heavy atom. The summed E-state index contributed by atoms with van der Waals surface area (Å²) in [5, 5.41) is 2.83. The summed E-state index contributed by atoms with van der Waals surface area (Å²) in [5.74, 6) is 0. The lowest BCUT2D eigenvalue weighted by atomic mass is 9.97. The van der Waals surface area contributed by atoms with Crippen LogP contribution in [-0.2, 0) is 11.2 Å². The van der Waals surface area contributed by atoms with Crippen LogP contribution in [0.2, 0.25) is 0 Å². The van der Waals surface area contributed by atoms with E-state index in [0.29, 0.717) is 12.6 Å². The number of imidazole rings is 1. The van der Waals surface area contributed by atoms with E-state index in [9.17, 15) is 4.79 Å². The van der Waals surface area contributed by atoms with E-state index in [4.69, 9.17) is 4.74 Å². The molecule has 1 N–H and O–H groups in total. The third-order valence-corrected chi connectivity index (χ3v) is 4.98. The standard InChI is InChI=1S/C18H30N4O2/c1-18(2,3)24-17(23)20-8-6-16-12-19-13-22(16)15-7-10-21-9-4-5-14(21)11-15/h12-15H,4-11H2,1-3H3,(H,20,23). The van der Waals surface area contributed by atoms with Gasteiger partial charge in [-0.05, 0) is 53.0 Å². The van der Waals surface area contributed by atoms with Crippen LogP contribution in [0.3, 0.4) is 0 Å². The summed E-state index contributed by atoms with van der Waals surface area (Å²) < 4.78 is 7.60. The molecule has 6 nitrogen and oxygen atoms in total. The number of ether oxygens (including phenoxy) is 1. The highest BCUT2D eigenvalue weighted by Crippen LogP contribution is 2.33. The third-order valence-electron chi connectivity index (χ3n) is 4.98. The van der Waals surface area contributed by atoms with E-state index in [2.05, 4.69) is 19.8 Å². The van der Waals surface area contributed by atoms with Crippen LogP contribution in [0.5, 0.6) is 0 Å². The number of alkyl carbamates (subject to hydrolysis) is 1. The van der Waals surface area contributed by atoms with Crippen LogP contribution < -0.4 is 5.32 Å². The number of rotatable bonds is 4. The number of carbonyl (C=O) groups is 1. The van der Waals surface area contributed by atoms with Crippen molar-refractivity contribution in [2.45, 2.75) is 70.6 Å². The Morgan fingerprint density at radius 3 is 2.96 bits per heavy atom. The van der Waals surface area contributed by atoms with Crippen molar-refractivity contribution in [3.63, 3.8) is 0 Å². The normalized spacial score (nSPS) is 24.6. The number of nitrogens with one attached hydrogen (secondary N) is 1. The van der Waals surface area contributed by atoms with Crippen LogP contribution in [0.1, 0.15) is 58.2 Å². The Kier molecular flexibility index (Phi) is 5.13. The molecular formula is C18H30N4O2. The van der Waals surface area contributed by atoms with Gasteiger partial charge in [0.25, 0.3) is 0 Å². The lowest BCUT2D eigenvalue weighted by Crippen LogP contribution is -2.39. The van der Waals surface area contributed by atoms with E-state index in [0.717, 1.165) is 12.5 Å². The lowest BCUT2D eigenvalue weighted by Gasteiger charge is -2.36. The molecule has 1 aromatic heterocycles. The van der Waals surface area contributed by atoms with E-state index in [1.165, 1.54) is 44.5 Å². The molecular weight excluding hydrogens is 304 g/mol. The van der Waals surface area contributed by atoms with Crippen molar-refractivity contribution in [1.29, 1.82) is 0 Å². The Labute approximate surface area is 144 Å². The number of aromatic nitrogens is 2. The Morgan fingerprint density at radius 2 is 2.17 bits per heavy atom. The molecule has 3 rings (SSSR count). The van der Waals surface area contributed by atoms with Gasteiger partial charge in [-0.3, -0.25) is 0 Å². The number of piperidine rings is 1. The van der Waals surface area contributed by atoms with Crippen LogP contribution in [0.4, 0.5) is 4.79 Å². The van der Waals surface area contributed by atoms with Gasteiger partial charge >= 0.3 is 6.09 Å². The molecule has 2 atom stereocenters. The zero-order valence-corrected chi connectivity index (χ0v) is 15.1. The second-order valence-electron chi connectivity index (χ2n) is 7.98. The van der Waals surface area contributed by atoms with Gasteiger partial charge in [-0.25, -0.2) is 9.78 Å². The van der Waals surface area contributed by atoms with Crippen molar-refractivity contribution in [3.8, 4) is 0 Å². The van der Waals surface area contributed by atoms with Crippen molar-refractivity contribution in [3.05, 3.63) is 18.2 Å². The molecule has 2 saturated heterocycles. The highest BCUT2D eigenvalue weighted by Gasteiger charge is 2.32. The van der Waals surface area contributed by atoms with Crippen molar-refractivity contribution in [1.82, 2.24) is 19.8 Å². The van der Waals surface area contributed by atoms with Gasteiger partial charge in [0.15, 0.2) is 0 Å². The topological polar surface area (TPSA) is 59.4 Å². The van der Waals surface area contributed by atoms with Gasteiger partial charge in [-0.1, -0.05) is 0 Å². The quantitative estimate of drug-likeness (QED) is 0.920. The van der Waals surface area contributed by atoms with Gasteiger partial charge in [0.1, 0.15) is 5.60 Å². The van der Waals surface area contributed by atoms with Crippen molar-refractivity contribution >= 4 is 6.09 Å². The van der Waals surface area contributed by atoms with Crippen LogP contribution in [0, 0.1) is 0 Å². The molecule has 1 aromatic rings. The first-order chi connectivity index (χ1) is 11.4. The number of hydrogen-bond donors (Lipinski definition) is 1. The highest BCUT2D eigenvalue weighted by molar-refractivity contribution is 5.67. The highest BCUT2D eigenvalue weighted by atomic mass is 16.6. The summed E-state index contributed by atoms with van der Waals surface area (Å²) in [6, 6.07) is 1.29. The van der Waals surface area contributed by atoms with Gasteiger partial charge in [-0.15, -0.1) is 0 Å². The fourth-order valence-electron chi connectivity index (χ4n) is 3.92. The second-order valence-corrected chi connectivity index (χ2v) is 7.98. The zero-order valence-electron chi connectivity index (χ0n) is 15.1. The predicted octanol–water partition coefficient (Wildman–Crippen LogP) is 2.75. The summed E-state index contributed by atoms with van der Waals surface area (Å²) in [7, 11) is 0. The number of fused-ring (bicyclic) bond motifs is 1. The molecule has 0 spiro atoms. The van der Waals surface area contributed by atoms with Gasteiger partial charge in [0, 0.05) is 43.5 Å². The second kappa shape index (κ2) is 7.13. The van der Waals surface area contributed by atoms with Crippen molar-refractivity contribution < 1.29 is 9.53 Å². The summed E-state index contributed by atoms with van der Waals surface area (Å²) in [4.78, 5) is 18.7. The van der Waals surface area contributed by atoms with Crippen LogP contribution in [0.25, 0.3) is 0 Å². The molecule has 0 bridgehead atoms. The van der Waals surface area contributed by atoms with Crippen LogP contribution in [-0.4, -0.2) is 51.8 Å². The molecule has 2 aliphatic rings. The molecule has 0 radical (unpaired) electrons. The number of nitrogens with zero attached hydrogens (tertiary/aromatic N) is 3. The van der Waals surface area contributed by atoms with Gasteiger partial charge in [0.2, 0.25) is 0 Å². The van der Waals surface area contributed by atoms with Crippen LogP contribution >= 0.6 is 0 Å². The SMILES string of the molecule is CC(C)(C)OC(=O)NCCc1cncn1C1CCN2CCCC2C1. The van der Waals surface area contributed by atoms with E-state index >= 15 is 0 Å². The lowest BCUT2D eigenvalue weighted by molar-refractivity contribution is 0.0528. The summed E-state index contributed by atoms with van der Waals surface area (Å²) >= 11 is 0. The first-order valence-corrected chi connectivity index (χ1v) is 9.14. The molecule has 2 aliphatic heterocycles. The molecule has 2 fully saturated rings. The monoisotopic (exact) mass is 334 g/mol. The fourth-order valence-corrected chi connectivity index (χ4v) is 3.92. The van der Waals surface area contributed by atoms with Gasteiger partial charge < -0.3 is 19.5 Å². The largest absolute Gasteiger partial charge is 0.444 e. The minimum Gasteiger partial charge on any atom is -0.444 e. The molecule has 6 heteroatoms. The molecule has 0 aliphatic carbocycles. The summed E-state index contributed by atoms with van der Waals surface area (Å²) in [6.07, 6.45) is 9.41. The van der Waals surface area contributed by atoms with E-state index in [1.54, 1.807) is 0 Å². The molecule has 24 heavy (non-hydrogen) atoms. The molecule has 0 saturated carbocycles. The zero-order chi connectivity index (χ0) is 17.2. The van der Waals surface area contributed by atoms with Crippen molar-refractivity contribution in [2.75, 3.05) is 19.6 Å². The molecule has 1 amide bonds. The summed E-state index contributed by atoms with van der Waals surface area (Å²) in [6.45, 7) is 8.66. The molecule has 3 heterocycles. The molecule has 134 valence electrons. The third kappa shape index (κ3) is 4.29. The summed E-state index contributed by atoms with van der Waals surface area (Å²) in [5.41, 5.74) is 0.740. The number of amides is 1. The van der Waals surface area contributed by atoms with E-state index in [-0.39, 0.29) is 6.09 Å². The number of carbonyl (C=O) groups excluding carboxylic acids is 1. The first-order valence-electron chi connectivity index (χ1n) is 9.14. The fraction of sp³-hybridized carbons (Fsp3) is 0.778. The molecule has 0 aromatic carbocycles. The average molecular weight is 334 g/mol. The van der Waals surface area contributed by atoms with Gasteiger partial charge in [-0.2, -0.15) is 0 Å². The average Bonchev–Trinajstić information content (AvgIpc) is 3.12. The Balaban J connectivity index is 1.51. The van der Waals surface area contributed by atoms with E-state index < -0.39 is 5.60 Å². The molecule has 2 unspecified atom stereocenters. The van der Waals surface area contributed by atoms with Gasteiger partial charge in [0.05, 0.1) is 6.33 Å². The smallest absolute Gasteiger partial charge is 0.407 e. The van der Waals surface area contributed by atoms with E-state index in [1.807, 2.05) is 33.3 Å². The maximum absolute atomic E-state index is 11.7. The number of hydrogen-bond acceptors (Lipinski definition) is 4. The minimum atomic E-state index is -0.457. The van der Waals surface area contributed by atoms with Crippen molar-refractivity contribution in [2.24, 2.45) is 0 Å².